The third-order valence-corrected chi connectivity index (χ3v) is 3.61. The highest BCUT2D eigenvalue weighted by atomic mass is 14.9. The fourth-order valence-corrected chi connectivity index (χ4v) is 2.92. The van der Waals surface area contributed by atoms with Crippen LogP contribution in [0.25, 0.3) is 0 Å². The Hall–Kier alpha value is -0.820. The summed E-state index contributed by atoms with van der Waals surface area (Å²) in [6.45, 7) is 7.03. The van der Waals surface area contributed by atoms with Crippen LogP contribution in [0.2, 0.25) is 0 Å². The van der Waals surface area contributed by atoms with Crippen molar-refractivity contribution >= 4 is 0 Å². The normalized spacial score (nSPS) is 25.9. The highest BCUT2D eigenvalue weighted by Gasteiger charge is 2.26. The Labute approximate surface area is 99.3 Å². The molecule has 2 atom stereocenters. The van der Waals surface area contributed by atoms with E-state index in [1.807, 2.05) is 0 Å². The predicted octanol–water partition coefficient (Wildman–Crippen LogP) is 3.43. The monoisotopic (exact) mass is 217 g/mol. The van der Waals surface area contributed by atoms with Crippen LogP contribution in [-0.4, -0.2) is 13.1 Å². The van der Waals surface area contributed by atoms with Gasteiger partial charge in [-0.3, -0.25) is 0 Å². The molecule has 2 unspecified atom stereocenters. The number of hydrogen-bond acceptors (Lipinski definition) is 1. The molecule has 0 aromatic heterocycles. The molecule has 1 fully saturated rings. The molecule has 1 aliphatic heterocycles. The van der Waals surface area contributed by atoms with E-state index in [4.69, 9.17) is 0 Å². The quantitative estimate of drug-likeness (QED) is 0.818. The zero-order valence-corrected chi connectivity index (χ0v) is 10.4. The zero-order chi connectivity index (χ0) is 11.4. The molecule has 88 valence electrons. The molecule has 1 heteroatoms. The minimum Gasteiger partial charge on any atom is -0.316 e. The molecule has 1 aromatic carbocycles. The lowest BCUT2D eigenvalue weighted by Gasteiger charge is -2.33. The predicted molar refractivity (Wildman–Crippen MR) is 69.6 cm³/mol. The van der Waals surface area contributed by atoms with E-state index >= 15 is 0 Å². The second-order valence-corrected chi connectivity index (χ2v) is 5.40. The van der Waals surface area contributed by atoms with Crippen LogP contribution < -0.4 is 5.32 Å². The van der Waals surface area contributed by atoms with Crippen LogP contribution in [0.15, 0.2) is 30.3 Å². The average Bonchev–Trinajstić information content (AvgIpc) is 2.30. The Bertz CT molecular complexity index is 304. The first-order chi connectivity index (χ1) is 7.77. The molecule has 1 heterocycles. The summed E-state index contributed by atoms with van der Waals surface area (Å²) in [5.41, 5.74) is 1.54. The summed E-state index contributed by atoms with van der Waals surface area (Å²) in [7, 11) is 0. The minimum atomic E-state index is 0.768. The zero-order valence-electron chi connectivity index (χ0n) is 10.4. The molecule has 1 aliphatic rings. The van der Waals surface area contributed by atoms with Gasteiger partial charge in [-0.2, -0.15) is 0 Å². The fraction of sp³-hybridized carbons (Fsp3) is 0.600. The lowest BCUT2D eigenvalue weighted by molar-refractivity contribution is 0.280. The van der Waals surface area contributed by atoms with Gasteiger partial charge in [-0.15, -0.1) is 0 Å². The van der Waals surface area contributed by atoms with Crippen LogP contribution in [0.4, 0.5) is 0 Å². The van der Waals surface area contributed by atoms with Gasteiger partial charge in [-0.1, -0.05) is 44.2 Å². The van der Waals surface area contributed by atoms with E-state index < -0.39 is 0 Å². The van der Waals surface area contributed by atoms with E-state index in [9.17, 15) is 0 Å². The Morgan fingerprint density at radius 1 is 1.25 bits per heavy atom. The summed E-state index contributed by atoms with van der Waals surface area (Å²) in [4.78, 5) is 0. The minimum absolute atomic E-state index is 0.768. The maximum absolute atomic E-state index is 3.54. The van der Waals surface area contributed by atoms with Crippen LogP contribution in [-0.2, 0) is 0 Å². The largest absolute Gasteiger partial charge is 0.316 e. The topological polar surface area (TPSA) is 12.0 Å². The van der Waals surface area contributed by atoms with Crippen molar-refractivity contribution in [2.75, 3.05) is 13.1 Å². The van der Waals surface area contributed by atoms with Crippen molar-refractivity contribution in [3.8, 4) is 0 Å². The van der Waals surface area contributed by atoms with Gasteiger partial charge in [0.2, 0.25) is 0 Å². The van der Waals surface area contributed by atoms with Crippen molar-refractivity contribution in [2.24, 2.45) is 11.8 Å². The molecule has 1 N–H and O–H groups in total. The molecular weight excluding hydrogens is 194 g/mol. The summed E-state index contributed by atoms with van der Waals surface area (Å²) in [6.07, 6.45) is 2.63. The molecule has 0 bridgehead atoms. The molecule has 0 spiro atoms. The van der Waals surface area contributed by atoms with Gasteiger partial charge < -0.3 is 5.32 Å². The van der Waals surface area contributed by atoms with Gasteiger partial charge >= 0.3 is 0 Å². The number of rotatable bonds is 3. The van der Waals surface area contributed by atoms with Gasteiger partial charge in [-0.25, -0.2) is 0 Å². The Balaban J connectivity index is 2.10. The smallest absolute Gasteiger partial charge is 0.00146 e. The van der Waals surface area contributed by atoms with Crippen LogP contribution in [0.3, 0.4) is 0 Å². The van der Waals surface area contributed by atoms with Crippen LogP contribution >= 0.6 is 0 Å². The maximum Gasteiger partial charge on any atom is -0.00146 e. The van der Waals surface area contributed by atoms with Crippen molar-refractivity contribution in [3.63, 3.8) is 0 Å². The third kappa shape index (κ3) is 2.85. The van der Waals surface area contributed by atoms with E-state index in [1.165, 1.54) is 31.5 Å². The van der Waals surface area contributed by atoms with Gasteiger partial charge in [0.05, 0.1) is 0 Å². The van der Waals surface area contributed by atoms with E-state index in [2.05, 4.69) is 49.5 Å². The van der Waals surface area contributed by atoms with Gasteiger partial charge in [0.25, 0.3) is 0 Å². The van der Waals surface area contributed by atoms with E-state index in [0.717, 1.165) is 17.8 Å². The lowest BCUT2D eigenvalue weighted by atomic mass is 9.77. The highest BCUT2D eigenvalue weighted by Crippen LogP contribution is 2.33. The van der Waals surface area contributed by atoms with Crippen molar-refractivity contribution in [1.29, 1.82) is 0 Å². The van der Waals surface area contributed by atoms with Crippen LogP contribution in [0.5, 0.6) is 0 Å². The molecule has 1 nitrogen and oxygen atoms in total. The Morgan fingerprint density at radius 2 is 2.00 bits per heavy atom. The first-order valence-electron chi connectivity index (χ1n) is 6.53. The summed E-state index contributed by atoms with van der Waals surface area (Å²) >= 11 is 0. The van der Waals surface area contributed by atoms with E-state index in [0.29, 0.717) is 0 Å². The summed E-state index contributed by atoms with van der Waals surface area (Å²) in [5, 5.41) is 3.54. The molecule has 1 saturated heterocycles. The van der Waals surface area contributed by atoms with Crippen LogP contribution in [0.1, 0.15) is 38.2 Å². The van der Waals surface area contributed by atoms with Gasteiger partial charge in [0, 0.05) is 0 Å². The molecule has 0 amide bonds. The molecule has 0 aliphatic carbocycles. The Kier molecular flexibility index (Phi) is 4.00. The molecule has 0 saturated carbocycles. The van der Waals surface area contributed by atoms with E-state index in [1.54, 1.807) is 0 Å². The SMILES string of the molecule is CC(C)CC1CNCCC1c1ccccc1. The number of benzene rings is 1. The summed E-state index contributed by atoms with van der Waals surface area (Å²) in [6, 6.07) is 11.0. The number of hydrogen-bond donors (Lipinski definition) is 1. The number of nitrogens with one attached hydrogen (secondary N) is 1. The second-order valence-electron chi connectivity index (χ2n) is 5.40. The maximum atomic E-state index is 3.54. The van der Waals surface area contributed by atoms with Crippen molar-refractivity contribution in [3.05, 3.63) is 35.9 Å². The molecule has 1 aromatic rings. The molecular formula is C15H23N. The highest BCUT2D eigenvalue weighted by molar-refractivity contribution is 5.21. The number of piperidine rings is 1. The van der Waals surface area contributed by atoms with Crippen molar-refractivity contribution < 1.29 is 0 Å². The summed E-state index contributed by atoms with van der Waals surface area (Å²) in [5.74, 6) is 2.39. The van der Waals surface area contributed by atoms with Gasteiger partial charge in [-0.05, 0) is 49.2 Å². The average molecular weight is 217 g/mol. The van der Waals surface area contributed by atoms with Crippen molar-refractivity contribution in [2.45, 2.75) is 32.6 Å². The standard InChI is InChI=1S/C15H23N/c1-12(2)10-14-11-16-9-8-15(14)13-6-4-3-5-7-13/h3-7,12,14-16H,8-11H2,1-2H3. The third-order valence-electron chi connectivity index (χ3n) is 3.61. The van der Waals surface area contributed by atoms with E-state index in [-0.39, 0.29) is 0 Å². The molecule has 2 rings (SSSR count). The fourth-order valence-electron chi connectivity index (χ4n) is 2.92. The molecule has 0 radical (unpaired) electrons. The second kappa shape index (κ2) is 5.49. The molecule has 16 heavy (non-hydrogen) atoms. The lowest BCUT2D eigenvalue weighted by Crippen LogP contribution is -2.36. The van der Waals surface area contributed by atoms with Crippen LogP contribution in [0, 0.1) is 11.8 Å². The van der Waals surface area contributed by atoms with Crippen molar-refractivity contribution in [1.82, 2.24) is 5.32 Å². The Morgan fingerprint density at radius 3 is 2.69 bits per heavy atom. The first-order valence-corrected chi connectivity index (χ1v) is 6.53. The van der Waals surface area contributed by atoms with Gasteiger partial charge in [0.1, 0.15) is 0 Å². The first kappa shape index (κ1) is 11.7. The summed E-state index contributed by atoms with van der Waals surface area (Å²) < 4.78 is 0. The van der Waals surface area contributed by atoms with Gasteiger partial charge in [0.15, 0.2) is 0 Å².